The molecular weight excluding hydrogens is 247 g/mol. The average Bonchev–Trinajstić information content (AvgIpc) is 2.74. The number of nitrogens with zero attached hydrogens (tertiary/aromatic N) is 3. The molecule has 0 saturated heterocycles. The van der Waals surface area contributed by atoms with Crippen LogP contribution in [0.5, 0.6) is 0 Å². The van der Waals surface area contributed by atoms with Crippen LogP contribution < -0.4 is 0 Å². The maximum absolute atomic E-state index is 12.3. The van der Waals surface area contributed by atoms with Gasteiger partial charge in [0.1, 0.15) is 6.10 Å². The third kappa shape index (κ3) is 2.51. The zero-order chi connectivity index (χ0) is 13.3. The predicted molar refractivity (Wildman–Crippen MR) is 56.5 cm³/mol. The summed E-state index contributed by atoms with van der Waals surface area (Å²) in [5.74, 6) is 0. The Hall–Kier alpha value is -1.89. The molecule has 2 aromatic rings. The Morgan fingerprint density at radius 1 is 1.28 bits per heavy atom. The van der Waals surface area contributed by atoms with Crippen molar-refractivity contribution in [3.05, 3.63) is 47.5 Å². The molecule has 96 valence electrons. The molecular formula is C11H10F3N3O. The van der Waals surface area contributed by atoms with Crippen molar-refractivity contribution in [1.82, 2.24) is 14.8 Å². The molecule has 4 nitrogen and oxygen atoms in total. The first-order valence-electron chi connectivity index (χ1n) is 5.07. The number of aliphatic hydroxyl groups is 1. The molecule has 1 atom stereocenters. The highest BCUT2D eigenvalue weighted by Gasteiger charge is 2.31. The number of rotatable bonds is 2. The lowest BCUT2D eigenvalue weighted by Gasteiger charge is -2.10. The van der Waals surface area contributed by atoms with Crippen LogP contribution in [0.4, 0.5) is 13.2 Å². The lowest BCUT2D eigenvalue weighted by molar-refractivity contribution is -0.137. The van der Waals surface area contributed by atoms with E-state index in [1.54, 1.807) is 13.2 Å². The number of pyridine rings is 1. The Labute approximate surface area is 101 Å². The van der Waals surface area contributed by atoms with Crippen LogP contribution in [0.1, 0.15) is 22.9 Å². The Balaban J connectivity index is 2.24. The Kier molecular flexibility index (Phi) is 3.08. The number of halogens is 3. The minimum atomic E-state index is -4.43. The molecule has 0 amide bonds. The molecule has 0 aromatic carbocycles. The van der Waals surface area contributed by atoms with E-state index in [1.165, 1.54) is 10.9 Å². The second kappa shape index (κ2) is 4.41. The van der Waals surface area contributed by atoms with Gasteiger partial charge in [-0.05, 0) is 12.1 Å². The summed E-state index contributed by atoms with van der Waals surface area (Å²) in [4.78, 5) is 3.62. The van der Waals surface area contributed by atoms with Gasteiger partial charge < -0.3 is 5.11 Å². The highest BCUT2D eigenvalue weighted by atomic mass is 19.4. The minimum Gasteiger partial charge on any atom is -0.382 e. The summed E-state index contributed by atoms with van der Waals surface area (Å²) in [5.41, 5.74) is -0.217. The van der Waals surface area contributed by atoms with Crippen molar-refractivity contribution in [2.45, 2.75) is 12.3 Å². The summed E-state index contributed by atoms with van der Waals surface area (Å²) in [7, 11) is 1.68. The van der Waals surface area contributed by atoms with Crippen LogP contribution in [0.25, 0.3) is 0 Å². The van der Waals surface area contributed by atoms with Gasteiger partial charge in [0, 0.05) is 25.0 Å². The summed E-state index contributed by atoms with van der Waals surface area (Å²) in [6.45, 7) is 0. The van der Waals surface area contributed by atoms with Gasteiger partial charge in [-0.25, -0.2) is 0 Å². The fourth-order valence-corrected chi connectivity index (χ4v) is 1.49. The molecule has 1 N–H and O–H groups in total. The molecule has 0 fully saturated rings. The average molecular weight is 257 g/mol. The van der Waals surface area contributed by atoms with Gasteiger partial charge >= 0.3 is 6.18 Å². The van der Waals surface area contributed by atoms with E-state index in [4.69, 9.17) is 0 Å². The largest absolute Gasteiger partial charge is 0.417 e. The normalized spacial score (nSPS) is 13.6. The molecule has 0 aliphatic heterocycles. The van der Waals surface area contributed by atoms with Crippen molar-refractivity contribution in [2.24, 2.45) is 7.05 Å². The number of hydrogen-bond donors (Lipinski definition) is 1. The van der Waals surface area contributed by atoms with E-state index in [9.17, 15) is 18.3 Å². The molecule has 0 aliphatic rings. The van der Waals surface area contributed by atoms with Crippen LogP contribution >= 0.6 is 0 Å². The monoisotopic (exact) mass is 257 g/mol. The fourth-order valence-electron chi connectivity index (χ4n) is 1.49. The van der Waals surface area contributed by atoms with Gasteiger partial charge in [-0.15, -0.1) is 0 Å². The van der Waals surface area contributed by atoms with E-state index in [2.05, 4.69) is 10.1 Å². The van der Waals surface area contributed by atoms with Crippen LogP contribution in [0, 0.1) is 0 Å². The molecule has 2 aromatic heterocycles. The second-order valence-electron chi connectivity index (χ2n) is 3.82. The van der Waals surface area contributed by atoms with Crippen LogP contribution in [0.3, 0.4) is 0 Å². The van der Waals surface area contributed by atoms with Crippen molar-refractivity contribution >= 4 is 0 Å². The molecule has 0 aliphatic carbocycles. The lowest BCUT2D eigenvalue weighted by atomic mass is 10.1. The van der Waals surface area contributed by atoms with Gasteiger partial charge in [-0.3, -0.25) is 9.67 Å². The summed E-state index contributed by atoms with van der Waals surface area (Å²) in [5, 5.41) is 13.8. The molecule has 0 bridgehead atoms. The maximum Gasteiger partial charge on any atom is 0.417 e. The highest BCUT2D eigenvalue weighted by Crippen LogP contribution is 2.29. The van der Waals surface area contributed by atoms with E-state index < -0.39 is 17.8 Å². The van der Waals surface area contributed by atoms with Crippen molar-refractivity contribution in [3.63, 3.8) is 0 Å². The zero-order valence-corrected chi connectivity index (χ0v) is 9.39. The Morgan fingerprint density at radius 3 is 2.44 bits per heavy atom. The van der Waals surface area contributed by atoms with Gasteiger partial charge in [0.2, 0.25) is 0 Å². The van der Waals surface area contributed by atoms with Gasteiger partial charge in [0.05, 0.1) is 17.5 Å². The molecule has 1 unspecified atom stereocenters. The summed E-state index contributed by atoms with van der Waals surface area (Å²) in [6, 6.07) is 2.04. The fraction of sp³-hybridized carbons (Fsp3) is 0.273. The number of alkyl halides is 3. The zero-order valence-electron chi connectivity index (χ0n) is 9.39. The van der Waals surface area contributed by atoms with E-state index in [0.717, 1.165) is 12.1 Å². The third-order valence-corrected chi connectivity index (χ3v) is 2.43. The molecule has 2 rings (SSSR count). The maximum atomic E-state index is 12.3. The predicted octanol–water partition coefficient (Wildman–Crippen LogP) is 1.92. The molecule has 18 heavy (non-hydrogen) atoms. The van der Waals surface area contributed by atoms with Crippen molar-refractivity contribution in [1.29, 1.82) is 0 Å². The summed E-state index contributed by atoms with van der Waals surface area (Å²) >= 11 is 0. The van der Waals surface area contributed by atoms with E-state index in [1.807, 2.05) is 0 Å². The van der Waals surface area contributed by atoms with Crippen molar-refractivity contribution in [3.8, 4) is 0 Å². The van der Waals surface area contributed by atoms with Crippen molar-refractivity contribution < 1.29 is 18.3 Å². The van der Waals surface area contributed by atoms with E-state index >= 15 is 0 Å². The van der Waals surface area contributed by atoms with Gasteiger partial charge in [0.15, 0.2) is 0 Å². The standard InChI is InChI=1S/C11H10F3N3O/c1-17-6-7(4-16-17)10(18)9-3-2-8(5-15-9)11(12,13)14/h2-6,10,18H,1H3. The van der Waals surface area contributed by atoms with Crippen LogP contribution in [-0.2, 0) is 13.2 Å². The van der Waals surface area contributed by atoms with Gasteiger partial charge in [0.25, 0.3) is 0 Å². The lowest BCUT2D eigenvalue weighted by Crippen LogP contribution is -2.07. The SMILES string of the molecule is Cn1cc(C(O)c2ccc(C(F)(F)F)cn2)cn1. The van der Waals surface area contributed by atoms with Gasteiger partial charge in [-0.2, -0.15) is 18.3 Å². The third-order valence-electron chi connectivity index (χ3n) is 2.43. The van der Waals surface area contributed by atoms with E-state index in [-0.39, 0.29) is 5.69 Å². The van der Waals surface area contributed by atoms with Crippen LogP contribution in [0.2, 0.25) is 0 Å². The molecule has 0 spiro atoms. The number of hydrogen-bond acceptors (Lipinski definition) is 3. The number of aliphatic hydroxyl groups excluding tert-OH is 1. The van der Waals surface area contributed by atoms with Crippen molar-refractivity contribution in [2.75, 3.05) is 0 Å². The van der Waals surface area contributed by atoms with Crippen LogP contribution in [-0.4, -0.2) is 19.9 Å². The molecule has 0 radical (unpaired) electrons. The first-order chi connectivity index (χ1) is 8.38. The number of aromatic nitrogens is 3. The van der Waals surface area contributed by atoms with E-state index in [0.29, 0.717) is 11.8 Å². The van der Waals surface area contributed by atoms with Crippen LogP contribution in [0.15, 0.2) is 30.7 Å². The summed E-state index contributed by atoms with van der Waals surface area (Å²) < 4.78 is 38.5. The Morgan fingerprint density at radius 2 is 2.00 bits per heavy atom. The first kappa shape index (κ1) is 12.6. The second-order valence-corrected chi connectivity index (χ2v) is 3.82. The molecule has 2 heterocycles. The molecule has 0 saturated carbocycles. The number of aryl methyl sites for hydroxylation is 1. The Bertz CT molecular complexity index is 533. The first-order valence-corrected chi connectivity index (χ1v) is 5.07. The smallest absolute Gasteiger partial charge is 0.382 e. The minimum absolute atomic E-state index is 0.149. The summed E-state index contributed by atoms with van der Waals surface area (Å²) in [6.07, 6.45) is -1.80. The quantitative estimate of drug-likeness (QED) is 0.894. The highest BCUT2D eigenvalue weighted by molar-refractivity contribution is 5.24. The topological polar surface area (TPSA) is 50.9 Å². The molecule has 7 heteroatoms. The van der Waals surface area contributed by atoms with Gasteiger partial charge in [-0.1, -0.05) is 0 Å².